The van der Waals surface area contributed by atoms with Crippen LogP contribution in [0.5, 0.6) is 0 Å². The molecule has 2 heteroatoms. The number of halogens is 1. The largest absolute Gasteiger partial charge is 0.387 e. The molecule has 0 aliphatic rings. The first-order chi connectivity index (χ1) is 10.4. The number of aliphatic hydroxyl groups excluding tert-OH is 1. The Morgan fingerprint density at radius 2 is 1.59 bits per heavy atom. The van der Waals surface area contributed by atoms with Gasteiger partial charge < -0.3 is 5.11 Å². The van der Waals surface area contributed by atoms with E-state index in [9.17, 15) is 5.11 Å². The van der Waals surface area contributed by atoms with Crippen molar-refractivity contribution in [1.82, 2.24) is 0 Å². The molecule has 2 rings (SSSR count). The molecule has 0 aromatic heterocycles. The molecule has 1 unspecified atom stereocenters. The van der Waals surface area contributed by atoms with Crippen molar-refractivity contribution in [3.05, 3.63) is 70.2 Å². The normalized spacial score (nSPS) is 12.4. The maximum atomic E-state index is 10.1. The Hall–Kier alpha value is -1.75. The van der Waals surface area contributed by atoms with Crippen LogP contribution in [0.25, 0.3) is 0 Å². The van der Waals surface area contributed by atoms with Gasteiger partial charge in [-0.2, -0.15) is 0 Å². The van der Waals surface area contributed by atoms with Crippen LogP contribution in [-0.4, -0.2) is 5.11 Å². The fourth-order valence-corrected chi connectivity index (χ4v) is 2.23. The van der Waals surface area contributed by atoms with Crippen LogP contribution in [0.4, 0.5) is 0 Å². The second-order valence-corrected chi connectivity index (χ2v) is 6.84. The third kappa shape index (κ3) is 4.63. The van der Waals surface area contributed by atoms with Gasteiger partial charge in [-0.3, -0.25) is 0 Å². The predicted molar refractivity (Wildman–Crippen MR) is 93.0 cm³/mol. The van der Waals surface area contributed by atoms with Gasteiger partial charge in [0.05, 0.1) is 6.10 Å². The van der Waals surface area contributed by atoms with Crippen molar-refractivity contribution in [3.8, 4) is 11.8 Å². The molecular weight excluding hydrogens is 292 g/mol. The molecule has 1 nitrogen and oxygen atoms in total. The van der Waals surface area contributed by atoms with Gasteiger partial charge in [0.25, 0.3) is 0 Å². The minimum absolute atomic E-state index is 0.150. The smallest absolute Gasteiger partial charge is 0.0899 e. The maximum absolute atomic E-state index is 10.1. The van der Waals surface area contributed by atoms with E-state index in [0.29, 0.717) is 11.4 Å². The van der Waals surface area contributed by atoms with Crippen molar-refractivity contribution in [2.24, 2.45) is 0 Å². The highest BCUT2D eigenvalue weighted by Crippen LogP contribution is 2.22. The fraction of sp³-hybridized carbons (Fsp3) is 0.300. The Labute approximate surface area is 138 Å². The Morgan fingerprint density at radius 3 is 2.14 bits per heavy atom. The molecule has 0 radical (unpaired) electrons. The van der Waals surface area contributed by atoms with Gasteiger partial charge in [0.15, 0.2) is 0 Å². The Morgan fingerprint density at radius 1 is 1.00 bits per heavy atom. The van der Waals surface area contributed by atoms with Crippen LogP contribution < -0.4 is 0 Å². The summed E-state index contributed by atoms with van der Waals surface area (Å²) >= 11 is 5.84. The average Bonchev–Trinajstić information content (AvgIpc) is 2.47. The van der Waals surface area contributed by atoms with E-state index in [4.69, 9.17) is 11.6 Å². The van der Waals surface area contributed by atoms with Gasteiger partial charge in [-0.15, -0.1) is 0 Å². The molecule has 0 heterocycles. The van der Waals surface area contributed by atoms with Crippen LogP contribution in [-0.2, 0) is 5.41 Å². The Balaban J connectivity index is 2.00. The molecule has 0 aliphatic carbocycles. The van der Waals surface area contributed by atoms with Crippen LogP contribution in [0.2, 0.25) is 5.02 Å². The van der Waals surface area contributed by atoms with Gasteiger partial charge in [-0.25, -0.2) is 0 Å². The third-order valence-corrected chi connectivity index (χ3v) is 3.79. The van der Waals surface area contributed by atoms with Crippen LogP contribution in [0.3, 0.4) is 0 Å². The zero-order valence-corrected chi connectivity index (χ0v) is 14.0. The fourth-order valence-electron chi connectivity index (χ4n) is 2.11. The van der Waals surface area contributed by atoms with Crippen molar-refractivity contribution in [2.45, 2.75) is 38.7 Å². The first-order valence-corrected chi connectivity index (χ1v) is 7.77. The number of hydrogen-bond donors (Lipinski definition) is 1. The summed E-state index contributed by atoms with van der Waals surface area (Å²) in [5, 5.41) is 10.8. The maximum Gasteiger partial charge on any atom is 0.0899 e. The number of hydrogen-bond acceptors (Lipinski definition) is 1. The second kappa shape index (κ2) is 7.01. The highest BCUT2D eigenvalue weighted by Gasteiger charge is 2.12. The highest BCUT2D eigenvalue weighted by molar-refractivity contribution is 6.30. The molecule has 0 saturated carbocycles. The highest BCUT2D eigenvalue weighted by atomic mass is 35.5. The molecule has 2 aromatic rings. The summed E-state index contributed by atoms with van der Waals surface area (Å²) in [7, 11) is 0. The third-order valence-electron chi connectivity index (χ3n) is 3.53. The average molecular weight is 313 g/mol. The van der Waals surface area contributed by atoms with E-state index < -0.39 is 6.10 Å². The molecule has 114 valence electrons. The molecule has 0 saturated heterocycles. The summed E-state index contributed by atoms with van der Waals surface area (Å²) in [4.78, 5) is 0. The van der Waals surface area contributed by atoms with E-state index in [2.05, 4.69) is 44.7 Å². The van der Waals surface area contributed by atoms with Crippen molar-refractivity contribution >= 4 is 11.6 Å². The minimum atomic E-state index is -0.585. The van der Waals surface area contributed by atoms with E-state index in [1.165, 1.54) is 5.56 Å². The summed E-state index contributed by atoms with van der Waals surface area (Å²) in [6.07, 6.45) is -0.179. The van der Waals surface area contributed by atoms with Gasteiger partial charge in [0.2, 0.25) is 0 Å². The van der Waals surface area contributed by atoms with Gasteiger partial charge in [0, 0.05) is 17.0 Å². The summed E-state index contributed by atoms with van der Waals surface area (Å²) < 4.78 is 0. The standard InChI is InChI=1S/C20H21ClO/c1-20(2,3)17-11-7-15(8-12-17)5-4-6-19(22)16-9-13-18(21)14-10-16/h7-14,19,22H,6H2,1-3H3. The molecule has 0 aliphatic heterocycles. The lowest BCUT2D eigenvalue weighted by atomic mass is 9.87. The molecule has 1 atom stereocenters. The topological polar surface area (TPSA) is 20.2 Å². The Bertz CT molecular complexity index is 667. The summed E-state index contributed by atoms with van der Waals surface area (Å²) in [5.74, 6) is 6.14. The molecule has 22 heavy (non-hydrogen) atoms. The predicted octanol–water partition coefficient (Wildman–Crippen LogP) is 5.11. The van der Waals surface area contributed by atoms with Gasteiger partial charge in [-0.1, -0.05) is 68.5 Å². The number of aliphatic hydroxyl groups is 1. The van der Waals surface area contributed by atoms with Crippen LogP contribution >= 0.6 is 11.6 Å². The SMILES string of the molecule is CC(C)(C)c1ccc(C#CCC(O)c2ccc(Cl)cc2)cc1. The zero-order valence-electron chi connectivity index (χ0n) is 13.2. The lowest BCUT2D eigenvalue weighted by Crippen LogP contribution is -2.10. The van der Waals surface area contributed by atoms with E-state index in [1.807, 2.05) is 24.3 Å². The zero-order chi connectivity index (χ0) is 16.2. The van der Waals surface area contributed by atoms with Crippen molar-refractivity contribution in [2.75, 3.05) is 0 Å². The van der Waals surface area contributed by atoms with Gasteiger partial charge >= 0.3 is 0 Å². The second-order valence-electron chi connectivity index (χ2n) is 6.40. The first kappa shape index (κ1) is 16.6. The van der Waals surface area contributed by atoms with Crippen LogP contribution in [0.1, 0.15) is 50.0 Å². The van der Waals surface area contributed by atoms with Gasteiger partial charge in [0.1, 0.15) is 0 Å². The summed E-state index contributed by atoms with van der Waals surface area (Å²) in [6, 6.07) is 15.5. The molecule has 0 amide bonds. The molecule has 0 bridgehead atoms. The molecule has 0 spiro atoms. The number of benzene rings is 2. The quantitative estimate of drug-likeness (QED) is 0.764. The lowest BCUT2D eigenvalue weighted by Gasteiger charge is -2.18. The summed E-state index contributed by atoms with van der Waals surface area (Å²) in [6.45, 7) is 6.57. The van der Waals surface area contributed by atoms with Crippen molar-refractivity contribution < 1.29 is 5.11 Å². The van der Waals surface area contributed by atoms with Crippen molar-refractivity contribution in [3.63, 3.8) is 0 Å². The summed E-state index contributed by atoms with van der Waals surface area (Å²) in [5.41, 5.74) is 3.24. The molecule has 2 aromatic carbocycles. The van der Waals surface area contributed by atoms with E-state index >= 15 is 0 Å². The monoisotopic (exact) mass is 312 g/mol. The molecular formula is C20H21ClO. The Kier molecular flexibility index (Phi) is 5.29. The molecule has 0 fully saturated rings. The van der Waals surface area contributed by atoms with Crippen LogP contribution in [0.15, 0.2) is 48.5 Å². The van der Waals surface area contributed by atoms with E-state index in [0.717, 1.165) is 11.1 Å². The van der Waals surface area contributed by atoms with Gasteiger partial charge in [-0.05, 0) is 40.8 Å². The van der Waals surface area contributed by atoms with E-state index in [1.54, 1.807) is 12.1 Å². The minimum Gasteiger partial charge on any atom is -0.387 e. The van der Waals surface area contributed by atoms with E-state index in [-0.39, 0.29) is 5.41 Å². The van der Waals surface area contributed by atoms with Crippen molar-refractivity contribution in [1.29, 1.82) is 0 Å². The first-order valence-electron chi connectivity index (χ1n) is 7.39. The molecule has 1 N–H and O–H groups in total. The lowest BCUT2D eigenvalue weighted by molar-refractivity contribution is 0.184. The number of rotatable bonds is 2. The van der Waals surface area contributed by atoms with Crippen LogP contribution in [0, 0.1) is 11.8 Å².